The number of amides is 1. The van der Waals surface area contributed by atoms with Gasteiger partial charge in [0.1, 0.15) is 17.2 Å². The number of hydrogen-bond donors (Lipinski definition) is 2. The van der Waals surface area contributed by atoms with Gasteiger partial charge in [-0.05, 0) is 64.7 Å². The summed E-state index contributed by atoms with van der Waals surface area (Å²) in [5.41, 5.74) is 2.25. The highest BCUT2D eigenvalue weighted by molar-refractivity contribution is 9.10. The molecule has 2 aromatic carbocycles. The number of carbonyl (C=O) groups excluding carboxylic acids is 3. The number of benzene rings is 2. The molecule has 138 valence electrons. The third-order valence-electron chi connectivity index (χ3n) is 3.60. The fourth-order valence-corrected chi connectivity index (χ4v) is 2.72. The van der Waals surface area contributed by atoms with E-state index in [4.69, 9.17) is 14.3 Å². The van der Waals surface area contributed by atoms with E-state index in [-0.39, 0.29) is 23.7 Å². The van der Waals surface area contributed by atoms with Crippen molar-refractivity contribution in [2.24, 2.45) is 0 Å². The van der Waals surface area contributed by atoms with Gasteiger partial charge in [-0.2, -0.15) is 9.59 Å². The van der Waals surface area contributed by atoms with Crippen LogP contribution in [0.1, 0.15) is 41.3 Å². The Hall–Kier alpha value is -2.63. The molecule has 0 aliphatic rings. The molecule has 6 nitrogen and oxygen atoms in total. The second-order valence-electron chi connectivity index (χ2n) is 5.74. The van der Waals surface area contributed by atoms with E-state index in [1.54, 1.807) is 25.2 Å². The van der Waals surface area contributed by atoms with Crippen LogP contribution in [0.15, 0.2) is 34.8 Å². The van der Waals surface area contributed by atoms with Crippen LogP contribution in [0.3, 0.4) is 0 Å². The lowest BCUT2D eigenvalue weighted by atomic mass is 10.0. The van der Waals surface area contributed by atoms with E-state index in [0.717, 1.165) is 11.1 Å². The molecule has 0 bridgehead atoms. The molecule has 0 saturated heterocycles. The van der Waals surface area contributed by atoms with Crippen molar-refractivity contribution in [1.82, 2.24) is 5.32 Å². The lowest BCUT2D eigenvalue weighted by Gasteiger charge is -2.14. The van der Waals surface area contributed by atoms with Crippen molar-refractivity contribution in [2.45, 2.75) is 26.7 Å². The summed E-state index contributed by atoms with van der Waals surface area (Å²) in [6.45, 7) is 5.88. The van der Waals surface area contributed by atoms with Crippen LogP contribution in [0.5, 0.6) is 17.2 Å². The summed E-state index contributed by atoms with van der Waals surface area (Å²) in [6.07, 6.45) is 0.250. The average molecular weight is 422 g/mol. The van der Waals surface area contributed by atoms with E-state index in [1.807, 2.05) is 32.9 Å². The van der Waals surface area contributed by atoms with E-state index in [1.165, 1.54) is 0 Å². The Morgan fingerprint density at radius 2 is 1.85 bits per heavy atom. The fraction of sp³-hybridized carbons (Fsp3) is 0.263. The predicted octanol–water partition coefficient (Wildman–Crippen LogP) is 4.15. The molecule has 0 spiro atoms. The number of rotatable bonds is 4. The van der Waals surface area contributed by atoms with Crippen molar-refractivity contribution < 1.29 is 24.2 Å². The van der Waals surface area contributed by atoms with Crippen LogP contribution >= 0.6 is 15.9 Å². The smallest absolute Gasteiger partial charge is 0.373 e. The Morgan fingerprint density at radius 3 is 2.38 bits per heavy atom. The van der Waals surface area contributed by atoms with Gasteiger partial charge in [-0.15, -0.1) is 0 Å². The highest BCUT2D eigenvalue weighted by Gasteiger charge is 2.14. The van der Waals surface area contributed by atoms with Gasteiger partial charge in [0.15, 0.2) is 0 Å². The number of phenols is 1. The lowest BCUT2D eigenvalue weighted by molar-refractivity contribution is -0.191. The summed E-state index contributed by atoms with van der Waals surface area (Å²) in [5, 5.41) is 12.5. The zero-order chi connectivity index (χ0) is 19.9. The lowest BCUT2D eigenvalue weighted by Crippen LogP contribution is -2.18. The number of ether oxygens (including phenoxy) is 1. The van der Waals surface area contributed by atoms with Crippen LogP contribution in [0.4, 0.5) is 0 Å². The maximum Gasteiger partial charge on any atom is 0.373 e. The first-order valence-electron chi connectivity index (χ1n) is 7.77. The Kier molecular flexibility index (Phi) is 8.03. The Bertz CT molecular complexity index is 827. The summed E-state index contributed by atoms with van der Waals surface area (Å²) in [7, 11) is 1.60. The predicted molar refractivity (Wildman–Crippen MR) is 99.5 cm³/mol. The first kappa shape index (κ1) is 21.4. The minimum absolute atomic E-state index is 0.138. The third kappa shape index (κ3) is 5.44. The zero-order valence-corrected chi connectivity index (χ0v) is 16.5. The molecule has 2 N–H and O–H groups in total. The molecular formula is C19H20BrNO5. The van der Waals surface area contributed by atoms with E-state index >= 15 is 0 Å². The van der Waals surface area contributed by atoms with E-state index < -0.39 is 0 Å². The third-order valence-corrected chi connectivity index (χ3v) is 4.22. The quantitative estimate of drug-likeness (QED) is 0.772. The minimum Gasteiger partial charge on any atom is -0.508 e. The summed E-state index contributed by atoms with van der Waals surface area (Å²) >= 11 is 3.44. The van der Waals surface area contributed by atoms with Gasteiger partial charge in [0, 0.05) is 18.2 Å². The molecule has 7 heteroatoms. The highest BCUT2D eigenvalue weighted by Crippen LogP contribution is 2.35. The van der Waals surface area contributed by atoms with Crippen molar-refractivity contribution >= 4 is 28.0 Å². The largest absolute Gasteiger partial charge is 0.508 e. The van der Waals surface area contributed by atoms with Gasteiger partial charge in [-0.3, -0.25) is 4.79 Å². The Balaban J connectivity index is 0.00000105. The van der Waals surface area contributed by atoms with Crippen molar-refractivity contribution in [3.63, 3.8) is 0 Å². The highest BCUT2D eigenvalue weighted by atomic mass is 79.9. The van der Waals surface area contributed by atoms with Gasteiger partial charge in [0.25, 0.3) is 5.91 Å². The SMILES string of the molecule is CNC(=O)c1cc(Br)c(Oc2ccc(O)c(C(C)C)c2)cc1C.O=C=O. The van der Waals surface area contributed by atoms with Crippen molar-refractivity contribution in [3.8, 4) is 17.2 Å². The normalized spacial score (nSPS) is 9.77. The van der Waals surface area contributed by atoms with Crippen LogP contribution in [0.2, 0.25) is 0 Å². The second kappa shape index (κ2) is 9.75. The van der Waals surface area contributed by atoms with E-state index in [0.29, 0.717) is 21.5 Å². The molecule has 2 rings (SSSR count). The van der Waals surface area contributed by atoms with Crippen LogP contribution in [0, 0.1) is 6.92 Å². The minimum atomic E-state index is -0.138. The number of phenolic OH excluding ortho intramolecular Hbond substituents is 1. The summed E-state index contributed by atoms with van der Waals surface area (Å²) in [6, 6.07) is 8.73. The molecule has 0 radical (unpaired) electrons. The van der Waals surface area contributed by atoms with Crippen molar-refractivity contribution in [2.75, 3.05) is 7.05 Å². The summed E-state index contributed by atoms with van der Waals surface area (Å²) in [4.78, 5) is 28.1. The van der Waals surface area contributed by atoms with Crippen LogP contribution in [-0.4, -0.2) is 24.2 Å². The first-order chi connectivity index (χ1) is 12.2. The van der Waals surface area contributed by atoms with Gasteiger partial charge in [0.05, 0.1) is 4.47 Å². The van der Waals surface area contributed by atoms with Gasteiger partial charge in [0.2, 0.25) is 0 Å². The zero-order valence-electron chi connectivity index (χ0n) is 14.9. The molecule has 1 amide bonds. The molecule has 0 aliphatic heterocycles. The number of halogens is 1. The topological polar surface area (TPSA) is 92.7 Å². The standard InChI is InChI=1S/C18H20BrNO3.CO2/c1-10(2)13-8-12(5-6-16(13)21)23-17-7-11(3)14(9-15(17)19)18(22)20-4;2-1-3/h5-10,21H,1-4H3,(H,20,22);. The molecule has 0 unspecified atom stereocenters. The van der Waals surface area contributed by atoms with Gasteiger partial charge in [-0.1, -0.05) is 13.8 Å². The maximum atomic E-state index is 11.8. The number of carbonyl (C=O) groups is 1. The molecule has 2 aromatic rings. The average Bonchev–Trinajstić information content (AvgIpc) is 2.59. The van der Waals surface area contributed by atoms with Gasteiger partial charge < -0.3 is 15.2 Å². The molecule has 26 heavy (non-hydrogen) atoms. The van der Waals surface area contributed by atoms with Gasteiger partial charge in [-0.25, -0.2) is 0 Å². The Labute approximate surface area is 160 Å². The number of aryl methyl sites for hydroxylation is 1. The number of nitrogens with one attached hydrogen (secondary N) is 1. The van der Waals surface area contributed by atoms with Crippen molar-refractivity contribution in [3.05, 3.63) is 51.5 Å². The summed E-state index contributed by atoms with van der Waals surface area (Å²) < 4.78 is 6.61. The van der Waals surface area contributed by atoms with Crippen LogP contribution in [0.25, 0.3) is 0 Å². The molecule has 0 aliphatic carbocycles. The number of hydrogen-bond acceptors (Lipinski definition) is 5. The van der Waals surface area contributed by atoms with Crippen molar-refractivity contribution in [1.29, 1.82) is 0 Å². The van der Waals surface area contributed by atoms with Gasteiger partial charge >= 0.3 is 6.15 Å². The molecule has 0 saturated carbocycles. The van der Waals surface area contributed by atoms with Crippen LogP contribution in [-0.2, 0) is 9.59 Å². The van der Waals surface area contributed by atoms with E-state index in [9.17, 15) is 9.90 Å². The molecular weight excluding hydrogens is 402 g/mol. The first-order valence-corrected chi connectivity index (χ1v) is 8.56. The second-order valence-corrected chi connectivity index (χ2v) is 6.59. The van der Waals surface area contributed by atoms with E-state index in [2.05, 4.69) is 21.2 Å². The maximum absolute atomic E-state index is 11.8. The number of aromatic hydroxyl groups is 1. The molecule has 0 heterocycles. The fourth-order valence-electron chi connectivity index (χ4n) is 2.30. The summed E-state index contributed by atoms with van der Waals surface area (Å²) in [5.74, 6) is 1.58. The molecule has 0 fully saturated rings. The molecule has 0 atom stereocenters. The molecule has 0 aromatic heterocycles. The van der Waals surface area contributed by atoms with Crippen LogP contribution < -0.4 is 10.1 Å². The monoisotopic (exact) mass is 421 g/mol. The Morgan fingerprint density at radius 1 is 1.23 bits per heavy atom.